The molecule has 1 aliphatic heterocycles. The normalized spacial score (nSPS) is 23.8. The molecule has 2 atom stereocenters. The molecule has 0 bridgehead atoms. The van der Waals surface area contributed by atoms with E-state index in [-0.39, 0.29) is 12.1 Å². The highest BCUT2D eigenvalue weighted by Crippen LogP contribution is 2.31. The number of morpholine rings is 1. The van der Waals surface area contributed by atoms with Crippen molar-refractivity contribution in [1.82, 2.24) is 10.2 Å². The molecule has 1 saturated heterocycles. The average Bonchev–Trinajstić information content (AvgIpc) is 2.47. The van der Waals surface area contributed by atoms with E-state index in [1.54, 1.807) is 0 Å². The summed E-state index contributed by atoms with van der Waals surface area (Å²) in [6, 6.07) is 10.8. The van der Waals surface area contributed by atoms with Crippen LogP contribution in [-0.4, -0.2) is 43.8 Å². The quantitative estimate of drug-likeness (QED) is 0.910. The molecule has 1 heterocycles. The van der Waals surface area contributed by atoms with Crippen LogP contribution in [0.1, 0.15) is 31.0 Å². The van der Waals surface area contributed by atoms with Crippen molar-refractivity contribution >= 4 is 0 Å². The van der Waals surface area contributed by atoms with E-state index in [9.17, 15) is 0 Å². The Morgan fingerprint density at radius 3 is 2.95 bits per heavy atom. The SMILES string of the molecule is CNCC1OCCN(C(C)C)C1c1cccc(C#N)c1. The molecule has 1 aliphatic rings. The standard InChI is InChI=1S/C16H23N3O/c1-12(2)19-7-8-20-15(11-18-3)16(19)14-6-4-5-13(9-14)10-17/h4-6,9,12,15-16,18H,7-8,11H2,1-3H3. The van der Waals surface area contributed by atoms with Gasteiger partial charge < -0.3 is 10.1 Å². The molecule has 108 valence electrons. The summed E-state index contributed by atoms with van der Waals surface area (Å²) in [5, 5.41) is 12.3. The summed E-state index contributed by atoms with van der Waals surface area (Å²) in [5.41, 5.74) is 1.87. The third-order valence-electron chi connectivity index (χ3n) is 3.82. The zero-order valence-electron chi connectivity index (χ0n) is 12.5. The van der Waals surface area contributed by atoms with Crippen molar-refractivity contribution < 1.29 is 4.74 Å². The van der Waals surface area contributed by atoms with Crippen molar-refractivity contribution in [3.63, 3.8) is 0 Å². The summed E-state index contributed by atoms with van der Waals surface area (Å²) in [4.78, 5) is 2.46. The first kappa shape index (κ1) is 15.0. The Kier molecular flexibility index (Phi) is 5.13. The van der Waals surface area contributed by atoms with Crippen LogP contribution in [0, 0.1) is 11.3 Å². The largest absolute Gasteiger partial charge is 0.374 e. The monoisotopic (exact) mass is 273 g/mol. The van der Waals surface area contributed by atoms with Gasteiger partial charge in [-0.05, 0) is 38.6 Å². The summed E-state index contributed by atoms with van der Waals surface area (Å²) in [6.45, 7) is 6.93. The van der Waals surface area contributed by atoms with Gasteiger partial charge in [0.1, 0.15) is 0 Å². The Bertz CT molecular complexity index is 479. The molecule has 2 rings (SSSR count). The number of nitriles is 1. The van der Waals surface area contributed by atoms with E-state index in [0.717, 1.165) is 25.3 Å². The van der Waals surface area contributed by atoms with Crippen LogP contribution in [-0.2, 0) is 4.74 Å². The Hall–Kier alpha value is -1.41. The predicted octanol–water partition coefficient (Wildman–Crippen LogP) is 1.93. The fraction of sp³-hybridized carbons (Fsp3) is 0.562. The van der Waals surface area contributed by atoms with Crippen LogP contribution in [0.5, 0.6) is 0 Å². The molecule has 20 heavy (non-hydrogen) atoms. The lowest BCUT2D eigenvalue weighted by atomic mass is 9.95. The molecule has 2 unspecified atom stereocenters. The minimum atomic E-state index is 0.116. The maximum Gasteiger partial charge on any atom is 0.0991 e. The average molecular weight is 273 g/mol. The molecule has 1 aromatic carbocycles. The lowest BCUT2D eigenvalue weighted by molar-refractivity contribution is -0.0815. The van der Waals surface area contributed by atoms with E-state index >= 15 is 0 Å². The molecule has 1 N–H and O–H groups in total. The summed E-state index contributed by atoms with van der Waals surface area (Å²) in [5.74, 6) is 0. The molecule has 4 nitrogen and oxygen atoms in total. The number of benzene rings is 1. The molecule has 4 heteroatoms. The van der Waals surface area contributed by atoms with Gasteiger partial charge in [-0.25, -0.2) is 0 Å². The van der Waals surface area contributed by atoms with Gasteiger partial charge in [-0.15, -0.1) is 0 Å². The van der Waals surface area contributed by atoms with E-state index < -0.39 is 0 Å². The van der Waals surface area contributed by atoms with Crippen LogP contribution >= 0.6 is 0 Å². The molecule has 1 fully saturated rings. The Morgan fingerprint density at radius 1 is 1.50 bits per heavy atom. The Morgan fingerprint density at radius 2 is 2.30 bits per heavy atom. The van der Waals surface area contributed by atoms with Gasteiger partial charge in [-0.2, -0.15) is 5.26 Å². The number of ether oxygens (including phenoxy) is 1. The van der Waals surface area contributed by atoms with Gasteiger partial charge in [0, 0.05) is 19.1 Å². The second-order valence-corrected chi connectivity index (χ2v) is 5.48. The summed E-state index contributed by atoms with van der Waals surface area (Å²) in [6.07, 6.45) is 0.116. The third-order valence-corrected chi connectivity index (χ3v) is 3.82. The maximum absolute atomic E-state index is 9.10. The van der Waals surface area contributed by atoms with Crippen molar-refractivity contribution in [3.05, 3.63) is 35.4 Å². The third kappa shape index (κ3) is 3.18. The lowest BCUT2D eigenvalue weighted by Gasteiger charge is -2.43. The first-order valence-electron chi connectivity index (χ1n) is 7.19. The predicted molar refractivity (Wildman–Crippen MR) is 79.4 cm³/mol. The zero-order chi connectivity index (χ0) is 14.5. The fourth-order valence-corrected chi connectivity index (χ4v) is 2.90. The second kappa shape index (κ2) is 6.85. The van der Waals surface area contributed by atoms with Gasteiger partial charge in [0.05, 0.1) is 30.4 Å². The lowest BCUT2D eigenvalue weighted by Crippen LogP contribution is -2.51. The van der Waals surface area contributed by atoms with Gasteiger partial charge in [0.2, 0.25) is 0 Å². The van der Waals surface area contributed by atoms with Gasteiger partial charge in [-0.3, -0.25) is 4.90 Å². The molecule has 0 amide bonds. The summed E-state index contributed by atoms with van der Waals surface area (Å²) in [7, 11) is 1.94. The number of nitrogens with zero attached hydrogens (tertiary/aromatic N) is 2. The van der Waals surface area contributed by atoms with Gasteiger partial charge in [0.15, 0.2) is 0 Å². The molecule has 1 aromatic rings. The van der Waals surface area contributed by atoms with Crippen molar-refractivity contribution in [2.24, 2.45) is 0 Å². The van der Waals surface area contributed by atoms with Crippen LogP contribution in [0.4, 0.5) is 0 Å². The first-order chi connectivity index (χ1) is 9.67. The van der Waals surface area contributed by atoms with Crippen LogP contribution in [0.3, 0.4) is 0 Å². The minimum absolute atomic E-state index is 0.116. The Labute approximate surface area is 121 Å². The van der Waals surface area contributed by atoms with Crippen LogP contribution < -0.4 is 5.32 Å². The van der Waals surface area contributed by atoms with E-state index in [2.05, 4.69) is 36.2 Å². The number of hydrogen-bond acceptors (Lipinski definition) is 4. The van der Waals surface area contributed by atoms with E-state index in [1.807, 2.05) is 25.2 Å². The zero-order valence-corrected chi connectivity index (χ0v) is 12.5. The topological polar surface area (TPSA) is 48.3 Å². The highest BCUT2D eigenvalue weighted by Gasteiger charge is 2.34. The summed E-state index contributed by atoms with van der Waals surface area (Å²) < 4.78 is 5.95. The van der Waals surface area contributed by atoms with Crippen molar-refractivity contribution in [2.75, 3.05) is 26.7 Å². The number of likely N-dealkylation sites (N-methyl/N-ethyl adjacent to an activating group) is 1. The number of hydrogen-bond donors (Lipinski definition) is 1. The highest BCUT2D eigenvalue weighted by atomic mass is 16.5. The van der Waals surface area contributed by atoms with Gasteiger partial charge in [0.25, 0.3) is 0 Å². The fourth-order valence-electron chi connectivity index (χ4n) is 2.90. The molecule has 0 spiro atoms. The second-order valence-electron chi connectivity index (χ2n) is 5.48. The molecule has 0 aliphatic carbocycles. The molecule has 0 radical (unpaired) electrons. The number of nitrogens with one attached hydrogen (secondary N) is 1. The summed E-state index contributed by atoms with van der Waals surface area (Å²) >= 11 is 0. The number of rotatable bonds is 4. The van der Waals surface area contributed by atoms with Crippen LogP contribution in [0.25, 0.3) is 0 Å². The smallest absolute Gasteiger partial charge is 0.0991 e. The van der Waals surface area contributed by atoms with Gasteiger partial charge >= 0.3 is 0 Å². The van der Waals surface area contributed by atoms with Gasteiger partial charge in [-0.1, -0.05) is 12.1 Å². The molecular weight excluding hydrogens is 250 g/mol. The Balaban J connectivity index is 2.35. The highest BCUT2D eigenvalue weighted by molar-refractivity contribution is 5.35. The van der Waals surface area contributed by atoms with E-state index in [4.69, 9.17) is 10.00 Å². The van der Waals surface area contributed by atoms with Crippen LogP contribution in [0.2, 0.25) is 0 Å². The van der Waals surface area contributed by atoms with Crippen molar-refractivity contribution in [3.8, 4) is 6.07 Å². The first-order valence-corrected chi connectivity index (χ1v) is 7.19. The van der Waals surface area contributed by atoms with Crippen molar-refractivity contribution in [2.45, 2.75) is 32.0 Å². The molecule has 0 saturated carbocycles. The maximum atomic E-state index is 9.10. The van der Waals surface area contributed by atoms with Crippen LogP contribution in [0.15, 0.2) is 24.3 Å². The van der Waals surface area contributed by atoms with E-state index in [0.29, 0.717) is 11.6 Å². The van der Waals surface area contributed by atoms with E-state index in [1.165, 1.54) is 0 Å². The molecular formula is C16H23N3O. The minimum Gasteiger partial charge on any atom is -0.374 e. The van der Waals surface area contributed by atoms with Crippen molar-refractivity contribution in [1.29, 1.82) is 5.26 Å². The molecule has 0 aromatic heterocycles.